The van der Waals surface area contributed by atoms with Gasteiger partial charge in [-0.3, -0.25) is 14.9 Å². The van der Waals surface area contributed by atoms with Gasteiger partial charge in [-0.25, -0.2) is 9.59 Å². The molecule has 9 heteroatoms. The molecule has 1 aliphatic heterocycles. The second-order valence-electron chi connectivity index (χ2n) is 8.49. The fourth-order valence-corrected chi connectivity index (χ4v) is 5.29. The number of amides is 4. The zero-order chi connectivity index (χ0) is 23.3. The van der Waals surface area contributed by atoms with Gasteiger partial charge in [0, 0.05) is 23.2 Å². The lowest BCUT2D eigenvalue weighted by Crippen LogP contribution is -2.46. The molecule has 32 heavy (non-hydrogen) atoms. The summed E-state index contributed by atoms with van der Waals surface area (Å²) in [7, 11) is 0. The maximum absolute atomic E-state index is 13.0. The van der Waals surface area contributed by atoms with Gasteiger partial charge in [0.2, 0.25) is 0 Å². The average molecular weight is 462 g/mol. The molecule has 2 fully saturated rings. The molecule has 174 valence electrons. The summed E-state index contributed by atoms with van der Waals surface area (Å²) < 4.78 is 5.56. The number of carbonyl (C=O) groups excluding carboxylic acids is 4. The lowest BCUT2D eigenvalue weighted by atomic mass is 9.94. The quantitative estimate of drug-likeness (QED) is 0.350. The van der Waals surface area contributed by atoms with Crippen LogP contribution in [0.4, 0.5) is 4.79 Å². The molecule has 2 N–H and O–H groups in total. The van der Waals surface area contributed by atoms with Crippen LogP contribution >= 0.6 is 11.8 Å². The number of likely N-dealkylation sites (N-methyl/N-ethyl adjacent to an activating group) is 1. The molecule has 2 aliphatic rings. The molecule has 0 unspecified atom stereocenters. The van der Waals surface area contributed by atoms with Gasteiger partial charge in [-0.05, 0) is 45.7 Å². The zero-order valence-electron chi connectivity index (χ0n) is 18.8. The molecule has 0 bridgehead atoms. The number of rotatable bonds is 8. The number of urea groups is 1. The number of nitrogens with one attached hydrogen (secondary N) is 2. The van der Waals surface area contributed by atoms with E-state index in [2.05, 4.69) is 10.6 Å². The molecule has 1 aliphatic carbocycles. The number of imide groups is 1. The van der Waals surface area contributed by atoms with Gasteiger partial charge in [0.1, 0.15) is 5.54 Å². The predicted molar refractivity (Wildman–Crippen MR) is 121 cm³/mol. The Balaban J connectivity index is 1.65. The fraction of sp³-hybridized carbons (Fsp3) is 0.565. The highest BCUT2D eigenvalue weighted by Crippen LogP contribution is 2.29. The third-order valence-electron chi connectivity index (χ3n) is 6.01. The third-order valence-corrected chi connectivity index (χ3v) is 7.40. The van der Waals surface area contributed by atoms with E-state index in [1.54, 1.807) is 38.1 Å². The normalized spacial score (nSPS) is 22.1. The van der Waals surface area contributed by atoms with Crippen LogP contribution in [0.3, 0.4) is 0 Å². The largest absolute Gasteiger partial charge is 0.449 e. The highest BCUT2D eigenvalue weighted by Gasteiger charge is 2.42. The van der Waals surface area contributed by atoms with E-state index in [0.717, 1.165) is 25.7 Å². The molecule has 1 saturated carbocycles. The Morgan fingerprint density at radius 3 is 2.53 bits per heavy atom. The van der Waals surface area contributed by atoms with E-state index in [4.69, 9.17) is 4.74 Å². The van der Waals surface area contributed by atoms with E-state index in [1.165, 1.54) is 18.2 Å². The van der Waals surface area contributed by atoms with Crippen LogP contribution in [0, 0.1) is 0 Å². The molecule has 3 rings (SSSR count). The van der Waals surface area contributed by atoms with Gasteiger partial charge in [0.05, 0.1) is 5.56 Å². The van der Waals surface area contributed by atoms with Crippen molar-refractivity contribution in [3.63, 3.8) is 0 Å². The lowest BCUT2D eigenvalue weighted by molar-refractivity contribution is -0.142. The van der Waals surface area contributed by atoms with Crippen LogP contribution in [0.15, 0.2) is 29.2 Å². The summed E-state index contributed by atoms with van der Waals surface area (Å²) in [5.41, 5.74) is -0.741. The highest BCUT2D eigenvalue weighted by molar-refractivity contribution is 7.99. The van der Waals surface area contributed by atoms with Crippen molar-refractivity contribution in [3.05, 3.63) is 29.8 Å². The SMILES string of the molecule is CCN(C(=O)[C@@H](C)OC(=O)c1ccccc1SC[C@@]1(C)NC(=O)NC1=O)C1CCCCC1. The van der Waals surface area contributed by atoms with Crippen LogP contribution in [0.5, 0.6) is 0 Å². The van der Waals surface area contributed by atoms with Crippen molar-refractivity contribution in [2.24, 2.45) is 0 Å². The molecule has 1 heterocycles. The number of carbonyl (C=O) groups is 4. The monoisotopic (exact) mass is 461 g/mol. The molecule has 0 radical (unpaired) electrons. The van der Waals surface area contributed by atoms with Crippen molar-refractivity contribution in [1.82, 2.24) is 15.5 Å². The maximum atomic E-state index is 13.0. The molecular weight excluding hydrogens is 430 g/mol. The summed E-state index contributed by atoms with van der Waals surface area (Å²) in [4.78, 5) is 51.9. The molecule has 1 aromatic carbocycles. The minimum absolute atomic E-state index is 0.171. The van der Waals surface area contributed by atoms with E-state index in [1.807, 2.05) is 11.8 Å². The Hall–Kier alpha value is -2.55. The summed E-state index contributed by atoms with van der Waals surface area (Å²) in [6, 6.07) is 6.57. The van der Waals surface area contributed by atoms with E-state index >= 15 is 0 Å². The second-order valence-corrected chi connectivity index (χ2v) is 9.51. The Bertz CT molecular complexity index is 886. The van der Waals surface area contributed by atoms with Crippen molar-refractivity contribution >= 4 is 35.6 Å². The predicted octanol–water partition coefficient (Wildman–Crippen LogP) is 3.10. The Morgan fingerprint density at radius 1 is 1.22 bits per heavy atom. The third kappa shape index (κ3) is 5.43. The second kappa shape index (κ2) is 10.4. The number of esters is 1. The smallest absolute Gasteiger partial charge is 0.340 e. The Labute approximate surface area is 192 Å². The zero-order valence-corrected chi connectivity index (χ0v) is 19.6. The first kappa shape index (κ1) is 24.1. The Kier molecular flexibility index (Phi) is 7.82. The van der Waals surface area contributed by atoms with Gasteiger partial charge in [-0.1, -0.05) is 31.4 Å². The maximum Gasteiger partial charge on any atom is 0.340 e. The molecule has 0 aromatic heterocycles. The van der Waals surface area contributed by atoms with Gasteiger partial charge >= 0.3 is 12.0 Å². The van der Waals surface area contributed by atoms with Crippen molar-refractivity contribution in [2.75, 3.05) is 12.3 Å². The number of benzene rings is 1. The molecule has 2 atom stereocenters. The summed E-state index contributed by atoms with van der Waals surface area (Å²) in [5.74, 6) is -0.916. The van der Waals surface area contributed by atoms with Crippen LogP contribution in [0.1, 0.15) is 63.2 Å². The number of ether oxygens (including phenoxy) is 1. The first-order chi connectivity index (χ1) is 15.2. The van der Waals surface area contributed by atoms with Crippen LogP contribution in [0.2, 0.25) is 0 Å². The van der Waals surface area contributed by atoms with Crippen molar-refractivity contribution in [1.29, 1.82) is 0 Å². The number of nitrogens with zero attached hydrogens (tertiary/aromatic N) is 1. The van der Waals surface area contributed by atoms with E-state index < -0.39 is 29.6 Å². The van der Waals surface area contributed by atoms with E-state index in [0.29, 0.717) is 17.0 Å². The minimum atomic E-state index is -1.07. The Morgan fingerprint density at radius 2 is 1.91 bits per heavy atom. The van der Waals surface area contributed by atoms with Gasteiger partial charge in [-0.15, -0.1) is 11.8 Å². The van der Waals surface area contributed by atoms with Crippen LogP contribution < -0.4 is 10.6 Å². The number of thioether (sulfide) groups is 1. The summed E-state index contributed by atoms with van der Waals surface area (Å²) >= 11 is 1.27. The molecule has 1 aromatic rings. The van der Waals surface area contributed by atoms with Crippen LogP contribution in [0.25, 0.3) is 0 Å². The summed E-state index contributed by atoms with van der Waals surface area (Å²) in [5, 5.41) is 4.84. The summed E-state index contributed by atoms with van der Waals surface area (Å²) in [6.07, 6.45) is 4.52. The van der Waals surface area contributed by atoms with Crippen molar-refractivity contribution in [2.45, 2.75) is 75.5 Å². The molecule has 0 spiro atoms. The first-order valence-electron chi connectivity index (χ1n) is 11.1. The molecule has 4 amide bonds. The van der Waals surface area contributed by atoms with Crippen LogP contribution in [-0.4, -0.2) is 58.7 Å². The highest BCUT2D eigenvalue weighted by atomic mass is 32.2. The number of hydrogen-bond acceptors (Lipinski definition) is 6. The van der Waals surface area contributed by atoms with Crippen molar-refractivity contribution < 1.29 is 23.9 Å². The van der Waals surface area contributed by atoms with Crippen LogP contribution in [-0.2, 0) is 14.3 Å². The minimum Gasteiger partial charge on any atom is -0.449 e. The van der Waals surface area contributed by atoms with Gasteiger partial charge in [0.25, 0.3) is 11.8 Å². The molecular formula is C23H31N3O5S. The first-order valence-corrected chi connectivity index (χ1v) is 12.1. The topological polar surface area (TPSA) is 105 Å². The van der Waals surface area contributed by atoms with E-state index in [-0.39, 0.29) is 17.7 Å². The van der Waals surface area contributed by atoms with E-state index in [9.17, 15) is 19.2 Å². The van der Waals surface area contributed by atoms with Gasteiger partial charge in [-0.2, -0.15) is 0 Å². The van der Waals surface area contributed by atoms with Gasteiger partial charge in [0.15, 0.2) is 6.10 Å². The molecule has 8 nitrogen and oxygen atoms in total. The standard InChI is InChI=1S/C23H31N3O5S/c1-4-26(16-10-6-5-7-11-16)19(27)15(2)31-20(28)17-12-8-9-13-18(17)32-14-23(3)21(29)24-22(30)25-23/h8-9,12-13,15-16H,4-7,10-11,14H2,1-3H3,(H2,24,25,29,30)/t15-,23-/m1/s1. The molecule has 1 saturated heterocycles. The fourth-order valence-electron chi connectivity index (χ4n) is 4.16. The summed E-state index contributed by atoms with van der Waals surface area (Å²) in [6.45, 7) is 5.78. The van der Waals surface area contributed by atoms with Crippen molar-refractivity contribution in [3.8, 4) is 0 Å². The number of hydrogen-bond donors (Lipinski definition) is 2. The van der Waals surface area contributed by atoms with Gasteiger partial charge < -0.3 is 15.0 Å². The average Bonchev–Trinajstić information content (AvgIpc) is 3.05. The lowest BCUT2D eigenvalue weighted by Gasteiger charge is -2.35.